The van der Waals surface area contributed by atoms with Gasteiger partial charge in [-0.1, -0.05) is 23.7 Å². The molecule has 0 unspecified atom stereocenters. The Bertz CT molecular complexity index is 789. The first-order valence-electron chi connectivity index (χ1n) is 7.98. The smallest absolute Gasteiger partial charge is 0.340 e. The fourth-order valence-electron chi connectivity index (χ4n) is 2.75. The second-order valence-corrected chi connectivity index (χ2v) is 6.17. The van der Waals surface area contributed by atoms with E-state index in [1.54, 1.807) is 42.3 Å². The maximum atomic E-state index is 12.5. The SMILES string of the molecule is COc1ccc(COC(=O)c2ccc(Cl)cc2N2CCCC2=O)cc1. The van der Waals surface area contributed by atoms with Gasteiger partial charge in [0.05, 0.1) is 18.4 Å². The number of esters is 1. The first-order valence-corrected chi connectivity index (χ1v) is 8.36. The summed E-state index contributed by atoms with van der Waals surface area (Å²) in [5, 5.41) is 0.474. The van der Waals surface area contributed by atoms with Gasteiger partial charge in [0, 0.05) is 18.0 Å². The minimum absolute atomic E-state index is 0.00790. The van der Waals surface area contributed by atoms with Crippen molar-refractivity contribution in [2.75, 3.05) is 18.6 Å². The van der Waals surface area contributed by atoms with E-state index in [2.05, 4.69) is 0 Å². The Morgan fingerprint density at radius 1 is 1.20 bits per heavy atom. The third kappa shape index (κ3) is 3.94. The Morgan fingerprint density at radius 3 is 2.60 bits per heavy atom. The lowest BCUT2D eigenvalue weighted by Gasteiger charge is -2.19. The number of carbonyl (C=O) groups excluding carboxylic acids is 2. The number of halogens is 1. The molecule has 3 rings (SSSR count). The molecule has 0 aliphatic carbocycles. The number of carbonyl (C=O) groups is 2. The number of rotatable bonds is 5. The lowest BCUT2D eigenvalue weighted by Crippen LogP contribution is -2.26. The number of hydrogen-bond acceptors (Lipinski definition) is 4. The van der Waals surface area contributed by atoms with Gasteiger partial charge in [0.1, 0.15) is 12.4 Å². The summed E-state index contributed by atoms with van der Waals surface area (Å²) in [5.74, 6) is 0.247. The average molecular weight is 360 g/mol. The van der Waals surface area contributed by atoms with Crippen LogP contribution in [-0.4, -0.2) is 25.5 Å². The second kappa shape index (κ2) is 7.57. The van der Waals surface area contributed by atoms with Crippen LogP contribution < -0.4 is 9.64 Å². The lowest BCUT2D eigenvalue weighted by atomic mass is 10.1. The summed E-state index contributed by atoms with van der Waals surface area (Å²) >= 11 is 6.05. The third-order valence-corrected chi connectivity index (χ3v) is 4.31. The summed E-state index contributed by atoms with van der Waals surface area (Å²) in [6.45, 7) is 0.719. The van der Waals surface area contributed by atoms with E-state index < -0.39 is 5.97 Å². The average Bonchev–Trinajstić information content (AvgIpc) is 3.06. The van der Waals surface area contributed by atoms with Crippen LogP contribution >= 0.6 is 11.6 Å². The number of methoxy groups -OCH3 is 1. The molecule has 6 heteroatoms. The van der Waals surface area contributed by atoms with Crippen molar-refractivity contribution in [2.45, 2.75) is 19.4 Å². The molecule has 0 N–H and O–H groups in total. The van der Waals surface area contributed by atoms with Gasteiger partial charge in [-0.15, -0.1) is 0 Å². The Hall–Kier alpha value is -2.53. The summed E-state index contributed by atoms with van der Waals surface area (Å²) < 4.78 is 10.5. The molecule has 1 amide bonds. The predicted octanol–water partition coefficient (Wildman–Crippen LogP) is 3.83. The van der Waals surface area contributed by atoms with Gasteiger partial charge in [0.15, 0.2) is 0 Å². The highest BCUT2D eigenvalue weighted by atomic mass is 35.5. The van der Waals surface area contributed by atoms with Gasteiger partial charge in [0.25, 0.3) is 0 Å². The van der Waals surface area contributed by atoms with E-state index in [0.29, 0.717) is 29.2 Å². The molecular weight excluding hydrogens is 342 g/mol. The first-order chi connectivity index (χ1) is 12.1. The van der Waals surface area contributed by atoms with E-state index in [9.17, 15) is 9.59 Å². The molecule has 1 saturated heterocycles. The van der Waals surface area contributed by atoms with E-state index >= 15 is 0 Å². The van der Waals surface area contributed by atoms with Crippen molar-refractivity contribution < 1.29 is 19.1 Å². The highest BCUT2D eigenvalue weighted by Crippen LogP contribution is 2.29. The van der Waals surface area contributed by atoms with Crippen LogP contribution in [0.25, 0.3) is 0 Å². The number of anilines is 1. The topological polar surface area (TPSA) is 55.8 Å². The van der Waals surface area contributed by atoms with Crippen LogP contribution in [0.1, 0.15) is 28.8 Å². The quantitative estimate of drug-likeness (QED) is 0.761. The van der Waals surface area contributed by atoms with Crippen LogP contribution in [0.2, 0.25) is 5.02 Å². The van der Waals surface area contributed by atoms with Crippen molar-refractivity contribution in [3.05, 3.63) is 58.6 Å². The highest BCUT2D eigenvalue weighted by Gasteiger charge is 2.26. The van der Waals surface area contributed by atoms with Crippen LogP contribution in [-0.2, 0) is 16.1 Å². The second-order valence-electron chi connectivity index (χ2n) is 5.73. The molecular formula is C19H18ClNO4. The third-order valence-electron chi connectivity index (χ3n) is 4.07. The molecule has 130 valence electrons. The lowest BCUT2D eigenvalue weighted by molar-refractivity contribution is -0.117. The zero-order chi connectivity index (χ0) is 17.8. The van der Waals surface area contributed by atoms with Gasteiger partial charge in [0.2, 0.25) is 5.91 Å². The molecule has 0 bridgehead atoms. The van der Waals surface area contributed by atoms with Crippen molar-refractivity contribution in [3.63, 3.8) is 0 Å². The molecule has 0 spiro atoms. The molecule has 25 heavy (non-hydrogen) atoms. The minimum Gasteiger partial charge on any atom is -0.497 e. The zero-order valence-electron chi connectivity index (χ0n) is 13.8. The Morgan fingerprint density at radius 2 is 1.96 bits per heavy atom. The number of ether oxygens (including phenoxy) is 2. The molecule has 0 saturated carbocycles. The summed E-state index contributed by atoms with van der Waals surface area (Å²) in [7, 11) is 1.59. The van der Waals surface area contributed by atoms with Crippen molar-refractivity contribution >= 4 is 29.2 Å². The molecule has 5 nitrogen and oxygen atoms in total. The molecule has 1 heterocycles. The minimum atomic E-state index is -0.484. The van der Waals surface area contributed by atoms with E-state index in [4.69, 9.17) is 21.1 Å². The van der Waals surface area contributed by atoms with Gasteiger partial charge in [-0.2, -0.15) is 0 Å². The Kier molecular flexibility index (Phi) is 5.24. The van der Waals surface area contributed by atoms with E-state index in [0.717, 1.165) is 17.7 Å². The maximum Gasteiger partial charge on any atom is 0.340 e. The standard InChI is InChI=1S/C19H18ClNO4/c1-24-15-7-4-13(5-8-15)12-25-19(23)16-9-6-14(20)11-17(16)21-10-2-3-18(21)22/h4-9,11H,2-3,10,12H2,1H3. The zero-order valence-corrected chi connectivity index (χ0v) is 14.6. The van der Waals surface area contributed by atoms with Crippen molar-refractivity contribution in [3.8, 4) is 5.75 Å². The van der Waals surface area contributed by atoms with Crippen LogP contribution in [0.4, 0.5) is 5.69 Å². The number of nitrogens with zero attached hydrogens (tertiary/aromatic N) is 1. The number of hydrogen-bond donors (Lipinski definition) is 0. The summed E-state index contributed by atoms with van der Waals surface area (Å²) in [4.78, 5) is 26.1. The normalized spacial score (nSPS) is 13.8. The first kappa shape index (κ1) is 17.3. The van der Waals surface area contributed by atoms with E-state index in [1.165, 1.54) is 0 Å². The highest BCUT2D eigenvalue weighted by molar-refractivity contribution is 6.31. The van der Waals surface area contributed by atoms with Gasteiger partial charge in [-0.25, -0.2) is 4.79 Å². The molecule has 1 fully saturated rings. The Labute approximate surface area is 151 Å². The largest absolute Gasteiger partial charge is 0.497 e. The van der Waals surface area contributed by atoms with Crippen molar-refractivity contribution in [2.24, 2.45) is 0 Å². The van der Waals surface area contributed by atoms with Crippen LogP contribution in [0, 0.1) is 0 Å². The monoisotopic (exact) mass is 359 g/mol. The van der Waals surface area contributed by atoms with Crippen LogP contribution in [0.3, 0.4) is 0 Å². The molecule has 1 aliphatic rings. The summed E-state index contributed by atoms with van der Waals surface area (Å²) in [5.41, 5.74) is 1.70. The summed E-state index contributed by atoms with van der Waals surface area (Å²) in [6, 6.07) is 12.1. The summed E-state index contributed by atoms with van der Waals surface area (Å²) in [6.07, 6.45) is 1.25. The molecule has 0 aromatic heterocycles. The van der Waals surface area contributed by atoms with E-state index in [-0.39, 0.29) is 12.5 Å². The van der Waals surface area contributed by atoms with Crippen LogP contribution in [0.15, 0.2) is 42.5 Å². The van der Waals surface area contributed by atoms with Gasteiger partial charge in [-0.05, 0) is 42.3 Å². The number of benzene rings is 2. The van der Waals surface area contributed by atoms with Crippen molar-refractivity contribution in [1.29, 1.82) is 0 Å². The van der Waals surface area contributed by atoms with Gasteiger partial charge >= 0.3 is 5.97 Å². The van der Waals surface area contributed by atoms with Gasteiger partial charge < -0.3 is 14.4 Å². The van der Waals surface area contributed by atoms with Crippen molar-refractivity contribution in [1.82, 2.24) is 0 Å². The Balaban J connectivity index is 1.76. The van der Waals surface area contributed by atoms with E-state index in [1.807, 2.05) is 12.1 Å². The fourth-order valence-corrected chi connectivity index (χ4v) is 2.92. The molecule has 0 atom stereocenters. The number of amides is 1. The maximum absolute atomic E-state index is 12.5. The molecule has 1 aliphatic heterocycles. The molecule has 0 radical (unpaired) electrons. The van der Waals surface area contributed by atoms with Crippen LogP contribution in [0.5, 0.6) is 5.75 Å². The van der Waals surface area contributed by atoms with Gasteiger partial charge in [-0.3, -0.25) is 4.79 Å². The fraction of sp³-hybridized carbons (Fsp3) is 0.263. The molecule has 2 aromatic rings. The predicted molar refractivity (Wildman–Crippen MR) is 95.2 cm³/mol. The molecule has 2 aromatic carbocycles.